The molecule has 0 aromatic rings. The Morgan fingerprint density at radius 1 is 0.449 bits per heavy atom. The van der Waals surface area contributed by atoms with Gasteiger partial charge in [0.2, 0.25) is 41.4 Å². The first-order valence-corrected chi connectivity index (χ1v) is 39.9. The van der Waals surface area contributed by atoms with Gasteiger partial charge in [-0.25, -0.2) is 0 Å². The van der Waals surface area contributed by atoms with Gasteiger partial charge in [0.25, 0.3) is 0 Å². The van der Waals surface area contributed by atoms with Gasteiger partial charge in [-0.2, -0.15) is 0 Å². The number of likely N-dealkylation sites (tertiary alicyclic amines) is 2. The van der Waals surface area contributed by atoms with Gasteiger partial charge >= 0.3 is 11.9 Å². The number of ether oxygens (including phenoxy) is 10. The maximum absolute atomic E-state index is 13.0. The van der Waals surface area contributed by atoms with E-state index in [0.29, 0.717) is 111 Å². The first kappa shape index (κ1) is 90.6. The number of nitrogens with zero attached hydrogens (tertiary/aromatic N) is 2. The third kappa shape index (κ3) is 50.8. The molecule has 0 aromatic heterocycles. The fourth-order valence-corrected chi connectivity index (χ4v) is 14.3. The number of carboxylic acids is 2. The van der Waals surface area contributed by atoms with E-state index < -0.39 is 64.7 Å². The van der Waals surface area contributed by atoms with E-state index in [9.17, 15) is 43.2 Å². The third-order valence-electron chi connectivity index (χ3n) is 15.3. The molecule has 0 saturated carbocycles. The Hall–Kier alpha value is -3.45. The topological polar surface area (TPSA) is 375 Å². The summed E-state index contributed by atoms with van der Waals surface area (Å²) < 4.78 is 55.3. The maximum Gasteiger partial charge on any atom is 0.322 e. The normalized spacial score (nSPS) is 15.4. The summed E-state index contributed by atoms with van der Waals surface area (Å²) in [6.45, 7) is 8.62. The molecule has 0 aliphatic carbocycles. The SMILES string of the molecule is N[C@@H](CCC(=O)N[C@@H](CSC1CC(=O)N(CCOCCOCCSC2CC(=O)N(CCCC(=O)NCCOCCOCCOCCOCCOCCCCCCCCCCCSSCCCCCCCCCCCOCCOCCOCCO)C2=O)C1=O)C(=O)NCC(=O)O)C(=O)O. The zero-order chi connectivity index (χ0) is 71.2. The van der Waals surface area contributed by atoms with Crippen molar-refractivity contribution < 1.29 is 106 Å². The number of aliphatic hydroxyl groups excluding tert-OH is 1. The number of nitrogens with one attached hydrogen (secondary N) is 3. The summed E-state index contributed by atoms with van der Waals surface area (Å²) in [5.74, 6) is -3.15. The summed E-state index contributed by atoms with van der Waals surface area (Å²) in [7, 11) is 4.13. The standard InChI is InChI=1S/C66H118N6O22S4/c67-54(66(83)84)21-22-59(75)70-55(63(80)69-52-62(78)79)53-96-57-51-61(77)72(65(57)82)25-30-88-35-45-94-46-49-95-56-50-60(76)71(64(56)81)24-19-20-58(74)68-23-29-87-34-39-92-42-44-93-43-41-91-38-33-86-28-16-12-8-4-2-6-10-14-18-48-98-97-47-17-13-9-5-1-3-7-11-15-27-85-32-37-90-40-36-89-31-26-73/h54-57,73H,1-53,67H2,(H,68,74)(H,69,80)(H,70,75)(H,78,79)(H,83,84)/t54-,55-,56?,57?/m0/s1. The molecular formula is C66H118N6O22S4. The van der Waals surface area contributed by atoms with E-state index in [4.69, 9.17) is 68.4 Å². The Kier molecular flexibility index (Phi) is 59.6. The van der Waals surface area contributed by atoms with Crippen LogP contribution >= 0.6 is 45.1 Å². The number of nitrogens with two attached hydrogens (primary N) is 1. The molecule has 2 unspecified atom stereocenters. The summed E-state index contributed by atoms with van der Waals surface area (Å²) in [4.78, 5) is 113. The predicted octanol–water partition coefficient (Wildman–Crippen LogP) is 5.04. The number of aliphatic carboxylic acids is 2. The van der Waals surface area contributed by atoms with Gasteiger partial charge < -0.3 is 84.4 Å². The second-order valence-electron chi connectivity index (χ2n) is 23.4. The fraction of sp³-hybridized carbons (Fsp3) is 0.864. The van der Waals surface area contributed by atoms with Gasteiger partial charge in [-0.05, 0) is 38.5 Å². The number of amides is 7. The van der Waals surface area contributed by atoms with Gasteiger partial charge in [0.05, 0.1) is 143 Å². The lowest BCUT2D eigenvalue weighted by molar-refractivity contribution is -0.140. The summed E-state index contributed by atoms with van der Waals surface area (Å²) in [6, 6.07) is -2.59. The number of carbonyl (C=O) groups excluding carboxylic acids is 7. The lowest BCUT2D eigenvalue weighted by atomic mass is 10.1. The van der Waals surface area contributed by atoms with Crippen LogP contribution in [-0.4, -0.2) is 289 Å². The second kappa shape index (κ2) is 64.4. The van der Waals surface area contributed by atoms with Gasteiger partial charge in [-0.1, -0.05) is 111 Å². The number of carboxylic acid groups (broad SMARTS) is 2. The number of carbonyl (C=O) groups is 9. The van der Waals surface area contributed by atoms with E-state index in [1.165, 1.54) is 131 Å². The van der Waals surface area contributed by atoms with Crippen molar-refractivity contribution in [2.24, 2.45) is 5.73 Å². The number of hydrogen-bond donors (Lipinski definition) is 7. The zero-order valence-corrected chi connectivity index (χ0v) is 61.3. The van der Waals surface area contributed by atoms with Gasteiger partial charge in [0.1, 0.15) is 18.6 Å². The number of rotatable bonds is 73. The molecule has 568 valence electrons. The minimum atomic E-state index is -1.33. The third-order valence-corrected chi connectivity index (χ3v) is 20.3. The van der Waals surface area contributed by atoms with Crippen molar-refractivity contribution >= 4 is 98.4 Å². The Balaban J connectivity index is 1.28. The van der Waals surface area contributed by atoms with Crippen molar-refractivity contribution in [1.82, 2.24) is 25.8 Å². The van der Waals surface area contributed by atoms with Crippen LogP contribution in [-0.2, 0) is 90.5 Å². The van der Waals surface area contributed by atoms with Crippen molar-refractivity contribution in [3.05, 3.63) is 0 Å². The number of aliphatic hydroxyl groups is 1. The molecule has 0 bridgehead atoms. The molecule has 2 aliphatic rings. The average Bonchev–Trinajstić information content (AvgIpc) is 1.70. The van der Waals surface area contributed by atoms with Crippen molar-refractivity contribution in [1.29, 1.82) is 0 Å². The predicted molar refractivity (Wildman–Crippen MR) is 378 cm³/mol. The van der Waals surface area contributed by atoms with Gasteiger partial charge in [0, 0.05) is 75.0 Å². The van der Waals surface area contributed by atoms with Crippen LogP contribution in [0.15, 0.2) is 0 Å². The van der Waals surface area contributed by atoms with Crippen LogP contribution in [0, 0.1) is 0 Å². The molecule has 32 heteroatoms. The highest BCUT2D eigenvalue weighted by Gasteiger charge is 2.40. The smallest absolute Gasteiger partial charge is 0.322 e. The first-order valence-electron chi connectivity index (χ1n) is 35.3. The highest BCUT2D eigenvalue weighted by atomic mass is 33.1. The monoisotopic (exact) mass is 1470 g/mol. The first-order chi connectivity index (χ1) is 47.7. The van der Waals surface area contributed by atoms with Crippen LogP contribution in [0.5, 0.6) is 0 Å². The quantitative estimate of drug-likeness (QED) is 0.0238. The van der Waals surface area contributed by atoms with E-state index in [0.717, 1.165) is 42.7 Å². The van der Waals surface area contributed by atoms with E-state index in [-0.39, 0.29) is 102 Å². The van der Waals surface area contributed by atoms with Crippen LogP contribution in [0.2, 0.25) is 0 Å². The largest absolute Gasteiger partial charge is 0.480 e. The number of thioether (sulfide) groups is 2. The Morgan fingerprint density at radius 3 is 1.33 bits per heavy atom. The minimum absolute atomic E-state index is 0.0189. The van der Waals surface area contributed by atoms with Crippen molar-refractivity contribution in [3.63, 3.8) is 0 Å². The van der Waals surface area contributed by atoms with Crippen LogP contribution in [0.4, 0.5) is 0 Å². The van der Waals surface area contributed by atoms with E-state index in [1.807, 2.05) is 0 Å². The Labute approximate surface area is 597 Å². The fourth-order valence-electron chi connectivity index (χ4n) is 9.78. The van der Waals surface area contributed by atoms with E-state index in [2.05, 4.69) is 37.5 Å². The molecule has 0 radical (unpaired) electrons. The van der Waals surface area contributed by atoms with Crippen LogP contribution in [0.1, 0.15) is 154 Å². The molecule has 2 rings (SSSR count). The molecule has 2 aliphatic heterocycles. The summed E-state index contributed by atoms with van der Waals surface area (Å²) in [5.41, 5.74) is 5.44. The zero-order valence-electron chi connectivity index (χ0n) is 58.0. The van der Waals surface area contributed by atoms with Crippen molar-refractivity contribution in [2.75, 3.05) is 188 Å². The van der Waals surface area contributed by atoms with Crippen LogP contribution < -0.4 is 21.7 Å². The van der Waals surface area contributed by atoms with E-state index in [1.54, 1.807) is 0 Å². The molecule has 0 spiro atoms. The van der Waals surface area contributed by atoms with Gasteiger partial charge in [-0.3, -0.25) is 53.0 Å². The minimum Gasteiger partial charge on any atom is -0.480 e. The molecule has 2 saturated heterocycles. The Bertz CT molecular complexity index is 2120. The lowest BCUT2D eigenvalue weighted by Crippen LogP contribution is -2.50. The molecular weight excluding hydrogens is 1360 g/mol. The lowest BCUT2D eigenvalue weighted by Gasteiger charge is -2.20. The number of unbranched alkanes of at least 4 members (excludes halogenated alkanes) is 16. The van der Waals surface area contributed by atoms with Crippen molar-refractivity contribution in [3.8, 4) is 0 Å². The van der Waals surface area contributed by atoms with Crippen molar-refractivity contribution in [2.45, 2.75) is 177 Å². The molecule has 8 N–H and O–H groups in total. The molecule has 2 fully saturated rings. The van der Waals surface area contributed by atoms with Crippen LogP contribution in [0.25, 0.3) is 0 Å². The second-order valence-corrected chi connectivity index (χ2v) is 28.6. The van der Waals surface area contributed by atoms with Gasteiger partial charge in [0.15, 0.2) is 0 Å². The summed E-state index contributed by atoms with van der Waals surface area (Å²) >= 11 is 2.24. The molecule has 0 aromatic carbocycles. The highest BCUT2D eigenvalue weighted by Crippen LogP contribution is 2.28. The molecule has 28 nitrogen and oxygen atoms in total. The molecule has 2 heterocycles. The molecule has 4 atom stereocenters. The van der Waals surface area contributed by atoms with Crippen LogP contribution in [0.3, 0.4) is 0 Å². The van der Waals surface area contributed by atoms with Gasteiger partial charge in [-0.15, -0.1) is 23.5 Å². The number of imide groups is 2. The van der Waals surface area contributed by atoms with E-state index >= 15 is 0 Å². The maximum atomic E-state index is 13.0. The Morgan fingerprint density at radius 2 is 0.857 bits per heavy atom. The summed E-state index contributed by atoms with van der Waals surface area (Å²) in [6.07, 6.45) is 23.2. The average molecular weight is 1480 g/mol. The molecule has 7 amide bonds. The number of hydrogen-bond acceptors (Lipinski definition) is 25. The highest BCUT2D eigenvalue weighted by molar-refractivity contribution is 8.76. The molecule has 98 heavy (non-hydrogen) atoms. The summed E-state index contributed by atoms with van der Waals surface area (Å²) in [5, 5.41) is 32.5.